The molecular weight excluding hydrogens is 337 g/mol. The molecule has 0 aromatic heterocycles. The van der Waals surface area contributed by atoms with Crippen LogP contribution >= 0.6 is 0 Å². The van der Waals surface area contributed by atoms with Crippen LogP contribution in [0.1, 0.15) is 51.7 Å². The minimum Gasteiger partial charge on any atom is -0.415 e. The Morgan fingerprint density at radius 3 is 2.58 bits per heavy atom. The van der Waals surface area contributed by atoms with Crippen molar-refractivity contribution in [2.45, 2.75) is 70.1 Å². The van der Waals surface area contributed by atoms with Gasteiger partial charge in [0.1, 0.15) is 0 Å². The number of hydrogen-bond donors (Lipinski definition) is 0. The molecule has 1 saturated heterocycles. The van der Waals surface area contributed by atoms with E-state index in [-0.39, 0.29) is 10.5 Å². The lowest BCUT2D eigenvalue weighted by Crippen LogP contribution is -2.46. The second-order valence-corrected chi connectivity index (χ2v) is 15.0. The van der Waals surface area contributed by atoms with Crippen LogP contribution in [0.2, 0.25) is 18.1 Å². The van der Waals surface area contributed by atoms with Gasteiger partial charge in [-0.2, -0.15) is 0 Å². The van der Waals surface area contributed by atoms with Gasteiger partial charge in [-0.05, 0) is 47.1 Å². The third kappa shape index (κ3) is 3.12. The van der Waals surface area contributed by atoms with Crippen molar-refractivity contribution in [3.8, 4) is 0 Å². The molecule has 0 N–H and O–H groups in total. The first-order valence-electron chi connectivity index (χ1n) is 9.92. The first-order chi connectivity index (χ1) is 12.0. The molecular formula is C21H34BNO2Si. The number of rotatable bonds is 5. The van der Waals surface area contributed by atoms with Crippen LogP contribution in [0.15, 0.2) is 24.3 Å². The highest BCUT2D eigenvalue weighted by Crippen LogP contribution is 2.56. The van der Waals surface area contributed by atoms with Crippen molar-refractivity contribution < 1.29 is 9.22 Å². The summed E-state index contributed by atoms with van der Waals surface area (Å²) in [5.41, 5.74) is 3.10. The number of benzene rings is 1. The van der Waals surface area contributed by atoms with Gasteiger partial charge in [0.2, 0.25) is 0 Å². The maximum atomic E-state index is 11.3. The lowest BCUT2D eigenvalue weighted by Gasteiger charge is -2.38. The maximum absolute atomic E-state index is 11.3. The van der Waals surface area contributed by atoms with Crippen molar-refractivity contribution >= 4 is 21.9 Å². The molecule has 1 heterocycles. The highest BCUT2D eigenvalue weighted by Gasteiger charge is 2.55. The van der Waals surface area contributed by atoms with Gasteiger partial charge in [-0.25, -0.2) is 0 Å². The van der Waals surface area contributed by atoms with Gasteiger partial charge < -0.3 is 14.0 Å². The molecule has 2 aliphatic rings. The summed E-state index contributed by atoms with van der Waals surface area (Å²) in [6, 6.07) is 9.20. The smallest absolute Gasteiger partial charge is 0.281 e. The summed E-state index contributed by atoms with van der Waals surface area (Å²) in [6.07, 6.45) is 1.05. The van der Waals surface area contributed by atoms with Crippen molar-refractivity contribution in [3.05, 3.63) is 35.4 Å². The minimum atomic E-state index is -1.81. The Balaban J connectivity index is 1.91. The molecule has 1 aromatic rings. The summed E-state index contributed by atoms with van der Waals surface area (Å²) >= 11 is 0. The summed E-state index contributed by atoms with van der Waals surface area (Å²) in [4.78, 5) is 13.7. The van der Waals surface area contributed by atoms with Gasteiger partial charge in [-0.15, -0.1) is 0 Å². The normalized spacial score (nSPS) is 27.9. The number of nitrogens with zero attached hydrogens (tertiary/aromatic N) is 1. The SMILES string of the molecule is CC1(C)c2ccccc2C2C1CN(BC=O)[C@@H]2CO[Si](C)(C)C(C)(C)C. The lowest BCUT2D eigenvalue weighted by molar-refractivity contribution is 0.207. The average molecular weight is 371 g/mol. The van der Waals surface area contributed by atoms with Crippen molar-refractivity contribution in [2.75, 3.05) is 13.2 Å². The Labute approximate surface area is 160 Å². The molecule has 1 aliphatic heterocycles. The number of carbonyl (C=O) groups is 1. The Bertz CT molecular complexity index is 683. The van der Waals surface area contributed by atoms with Gasteiger partial charge in [0.25, 0.3) is 7.41 Å². The van der Waals surface area contributed by atoms with E-state index >= 15 is 0 Å². The van der Waals surface area contributed by atoms with Crippen LogP contribution < -0.4 is 0 Å². The fourth-order valence-corrected chi connectivity index (χ4v) is 5.72. The van der Waals surface area contributed by atoms with Gasteiger partial charge in [-0.3, -0.25) is 0 Å². The van der Waals surface area contributed by atoms with Crippen LogP contribution in [0.25, 0.3) is 0 Å². The molecule has 0 bridgehead atoms. The maximum Gasteiger partial charge on any atom is 0.281 e. The van der Waals surface area contributed by atoms with Crippen molar-refractivity contribution in [1.82, 2.24) is 4.81 Å². The standard InChI is InChI=1S/C21H34BNO2Si/c1-20(2,3)26(6,7)25-13-18-19-15-10-8-9-11-16(15)21(4,5)17(19)12-23(18)22-14-24/h8-11,14,17-19,22H,12-13H2,1-7H3/t17?,18-,19?/m1/s1. The molecule has 0 radical (unpaired) electrons. The fourth-order valence-electron chi connectivity index (χ4n) is 4.70. The second kappa shape index (κ2) is 6.61. The Kier molecular flexibility index (Phi) is 5.04. The molecule has 5 heteroatoms. The topological polar surface area (TPSA) is 29.5 Å². The molecule has 3 atom stereocenters. The first kappa shape index (κ1) is 19.8. The molecule has 3 rings (SSSR count). The second-order valence-electron chi connectivity index (χ2n) is 10.2. The van der Waals surface area contributed by atoms with Gasteiger partial charge in [0, 0.05) is 18.6 Å². The molecule has 0 amide bonds. The van der Waals surface area contributed by atoms with Gasteiger partial charge in [-0.1, -0.05) is 58.9 Å². The third-order valence-corrected chi connectivity index (χ3v) is 11.9. The average Bonchev–Trinajstić information content (AvgIpc) is 3.00. The van der Waals surface area contributed by atoms with E-state index in [0.717, 1.165) is 19.3 Å². The molecule has 1 aromatic carbocycles. The quantitative estimate of drug-likeness (QED) is 0.580. The molecule has 1 aliphatic carbocycles. The summed E-state index contributed by atoms with van der Waals surface area (Å²) in [7, 11) is -1.30. The molecule has 1 fully saturated rings. The largest absolute Gasteiger partial charge is 0.415 e. The van der Waals surface area contributed by atoms with Gasteiger partial charge in [0.15, 0.2) is 8.32 Å². The van der Waals surface area contributed by atoms with Crippen LogP contribution in [0.4, 0.5) is 0 Å². The van der Waals surface area contributed by atoms with E-state index in [1.165, 1.54) is 11.1 Å². The van der Waals surface area contributed by atoms with Crippen molar-refractivity contribution in [3.63, 3.8) is 0 Å². The summed E-state index contributed by atoms with van der Waals surface area (Å²) in [5.74, 6) is 1.01. The Hall–Kier alpha value is -0.908. The summed E-state index contributed by atoms with van der Waals surface area (Å²) in [5, 5.41) is 0.202. The van der Waals surface area contributed by atoms with E-state index in [0.29, 0.717) is 25.3 Å². The zero-order valence-corrected chi connectivity index (χ0v) is 18.5. The zero-order chi connectivity index (χ0) is 19.3. The fraction of sp³-hybridized carbons (Fsp3) is 0.667. The van der Waals surface area contributed by atoms with Crippen LogP contribution in [-0.4, -0.2) is 45.9 Å². The number of hydrogen-bond acceptors (Lipinski definition) is 3. The third-order valence-electron chi connectivity index (χ3n) is 7.42. The van der Waals surface area contributed by atoms with E-state index in [4.69, 9.17) is 4.43 Å². The molecule has 0 spiro atoms. The van der Waals surface area contributed by atoms with Gasteiger partial charge >= 0.3 is 0 Å². The number of carbonyl (C=O) groups excluding carboxylic acids is 1. The van der Waals surface area contributed by atoms with E-state index in [9.17, 15) is 4.79 Å². The first-order valence-corrected chi connectivity index (χ1v) is 12.8. The molecule has 3 nitrogen and oxygen atoms in total. The highest BCUT2D eigenvalue weighted by molar-refractivity contribution is 6.74. The van der Waals surface area contributed by atoms with Crippen LogP contribution in [0, 0.1) is 5.92 Å². The summed E-state index contributed by atoms with van der Waals surface area (Å²) < 4.78 is 6.63. The minimum absolute atomic E-state index is 0.147. The van der Waals surface area contributed by atoms with Crippen LogP contribution in [-0.2, 0) is 14.6 Å². The van der Waals surface area contributed by atoms with E-state index in [2.05, 4.69) is 76.8 Å². The van der Waals surface area contributed by atoms with Gasteiger partial charge in [0.05, 0.1) is 6.19 Å². The highest BCUT2D eigenvalue weighted by atomic mass is 28.4. The lowest BCUT2D eigenvalue weighted by atomic mass is 9.76. The number of fused-ring (bicyclic) bond motifs is 3. The monoisotopic (exact) mass is 371 g/mol. The Morgan fingerprint density at radius 1 is 1.31 bits per heavy atom. The molecule has 0 saturated carbocycles. The predicted molar refractivity (Wildman–Crippen MR) is 113 cm³/mol. The van der Waals surface area contributed by atoms with E-state index in [1.54, 1.807) is 0 Å². The van der Waals surface area contributed by atoms with Crippen LogP contribution in [0.5, 0.6) is 0 Å². The van der Waals surface area contributed by atoms with E-state index in [1.807, 2.05) is 0 Å². The van der Waals surface area contributed by atoms with E-state index < -0.39 is 8.32 Å². The zero-order valence-electron chi connectivity index (χ0n) is 17.5. The molecule has 26 heavy (non-hydrogen) atoms. The summed E-state index contributed by atoms with van der Waals surface area (Å²) in [6.45, 7) is 17.9. The molecule has 142 valence electrons. The molecule has 2 unspecified atom stereocenters. The van der Waals surface area contributed by atoms with Crippen molar-refractivity contribution in [1.29, 1.82) is 0 Å². The predicted octanol–water partition coefficient (Wildman–Crippen LogP) is 3.93. The Morgan fingerprint density at radius 2 is 1.96 bits per heavy atom. The van der Waals surface area contributed by atoms with Crippen molar-refractivity contribution in [2.24, 2.45) is 5.92 Å². The van der Waals surface area contributed by atoms with Crippen LogP contribution in [0.3, 0.4) is 0 Å².